The van der Waals surface area contributed by atoms with Crippen LogP contribution < -0.4 is 0 Å². The van der Waals surface area contributed by atoms with E-state index in [0.29, 0.717) is 5.92 Å². The molecule has 0 saturated heterocycles. The fourth-order valence-corrected chi connectivity index (χ4v) is 1.80. The smallest absolute Gasteiger partial charge is 0.107 e. The molecule has 1 aliphatic rings. The van der Waals surface area contributed by atoms with E-state index in [2.05, 4.69) is 13.0 Å². The van der Waals surface area contributed by atoms with Crippen LogP contribution in [0.3, 0.4) is 0 Å². The van der Waals surface area contributed by atoms with Gasteiger partial charge >= 0.3 is 0 Å². The maximum absolute atomic E-state index is 9.14. The molecule has 1 aromatic rings. The summed E-state index contributed by atoms with van der Waals surface area (Å²) in [6, 6.07) is 4.13. The Morgan fingerprint density at radius 2 is 2.29 bits per heavy atom. The van der Waals surface area contributed by atoms with E-state index in [0.717, 1.165) is 30.3 Å². The predicted octanol–water partition coefficient (Wildman–Crippen LogP) is 2.72. The van der Waals surface area contributed by atoms with Gasteiger partial charge in [0.2, 0.25) is 0 Å². The van der Waals surface area contributed by atoms with Gasteiger partial charge in [0.15, 0.2) is 0 Å². The van der Waals surface area contributed by atoms with Crippen molar-refractivity contribution in [3.63, 3.8) is 0 Å². The minimum atomic E-state index is -0.233. The first-order valence-electron chi connectivity index (χ1n) is 5.43. The third kappa shape index (κ3) is 2.18. The summed E-state index contributed by atoms with van der Waals surface area (Å²) in [6.45, 7) is 4.06. The summed E-state index contributed by atoms with van der Waals surface area (Å²) in [6.07, 6.45) is 2.67. The zero-order valence-electron chi connectivity index (χ0n) is 8.86. The number of aliphatic hydroxyl groups is 1. The van der Waals surface area contributed by atoms with E-state index in [1.165, 1.54) is 6.42 Å². The fourth-order valence-electron chi connectivity index (χ4n) is 1.80. The van der Waals surface area contributed by atoms with Crippen molar-refractivity contribution < 1.29 is 9.52 Å². The zero-order valence-corrected chi connectivity index (χ0v) is 8.86. The van der Waals surface area contributed by atoms with Gasteiger partial charge in [-0.25, -0.2) is 0 Å². The Hall–Kier alpha value is -0.760. The first kappa shape index (κ1) is 9.78. The molecule has 0 bridgehead atoms. The first-order valence-corrected chi connectivity index (χ1v) is 5.43. The zero-order chi connectivity index (χ0) is 10.1. The van der Waals surface area contributed by atoms with Crippen molar-refractivity contribution in [3.05, 3.63) is 23.7 Å². The van der Waals surface area contributed by atoms with Gasteiger partial charge in [0, 0.05) is 12.3 Å². The Balaban J connectivity index is 1.90. The summed E-state index contributed by atoms with van der Waals surface area (Å²) in [7, 11) is 0. The van der Waals surface area contributed by atoms with E-state index in [9.17, 15) is 0 Å². The van der Waals surface area contributed by atoms with Gasteiger partial charge in [0.1, 0.15) is 11.5 Å². The van der Waals surface area contributed by atoms with Gasteiger partial charge in [-0.15, -0.1) is 0 Å². The minimum absolute atomic E-state index is 0.233. The van der Waals surface area contributed by atoms with Crippen LogP contribution in [0.4, 0.5) is 0 Å². The van der Waals surface area contributed by atoms with Gasteiger partial charge in [0.25, 0.3) is 0 Å². The van der Waals surface area contributed by atoms with E-state index >= 15 is 0 Å². The lowest BCUT2D eigenvalue weighted by atomic mass is 10.2. The maximum Gasteiger partial charge on any atom is 0.107 e. The molecule has 14 heavy (non-hydrogen) atoms. The minimum Gasteiger partial charge on any atom is -0.466 e. The van der Waals surface area contributed by atoms with Crippen molar-refractivity contribution >= 4 is 0 Å². The van der Waals surface area contributed by atoms with E-state index in [1.807, 2.05) is 13.0 Å². The van der Waals surface area contributed by atoms with E-state index in [1.54, 1.807) is 0 Å². The largest absolute Gasteiger partial charge is 0.466 e. The molecule has 0 radical (unpaired) electrons. The van der Waals surface area contributed by atoms with Crippen molar-refractivity contribution in [2.45, 2.75) is 45.1 Å². The van der Waals surface area contributed by atoms with Crippen LogP contribution in [-0.2, 0) is 6.42 Å². The summed E-state index contributed by atoms with van der Waals surface area (Å²) in [4.78, 5) is 0. The molecule has 1 N–H and O–H groups in total. The van der Waals surface area contributed by atoms with Crippen LogP contribution in [0.25, 0.3) is 0 Å². The third-order valence-corrected chi connectivity index (χ3v) is 2.97. The highest BCUT2D eigenvalue weighted by atomic mass is 16.3. The molecule has 0 aromatic carbocycles. The summed E-state index contributed by atoms with van der Waals surface area (Å²) >= 11 is 0. The van der Waals surface area contributed by atoms with Crippen LogP contribution in [0.15, 0.2) is 16.5 Å². The maximum atomic E-state index is 9.14. The van der Waals surface area contributed by atoms with Crippen molar-refractivity contribution in [2.75, 3.05) is 0 Å². The summed E-state index contributed by atoms with van der Waals surface area (Å²) in [5.74, 6) is 3.61. The molecule has 0 spiro atoms. The Labute approximate surface area is 84.9 Å². The number of aliphatic hydroxyl groups excluding tert-OH is 1. The van der Waals surface area contributed by atoms with Crippen molar-refractivity contribution in [1.29, 1.82) is 0 Å². The SMILES string of the molecule is CC(O)CCc1ccc(C2CC2C)o1. The van der Waals surface area contributed by atoms with Crippen LogP contribution in [-0.4, -0.2) is 11.2 Å². The Bertz CT molecular complexity index is 301. The fraction of sp³-hybridized carbons (Fsp3) is 0.667. The van der Waals surface area contributed by atoms with Crippen molar-refractivity contribution in [2.24, 2.45) is 5.92 Å². The lowest BCUT2D eigenvalue weighted by Gasteiger charge is -2.00. The molecule has 1 heterocycles. The van der Waals surface area contributed by atoms with Crippen LogP contribution in [0.2, 0.25) is 0 Å². The number of aryl methyl sites for hydroxylation is 1. The summed E-state index contributed by atoms with van der Waals surface area (Å²) in [5.41, 5.74) is 0. The van der Waals surface area contributed by atoms with Gasteiger partial charge in [-0.1, -0.05) is 6.92 Å². The molecule has 2 nitrogen and oxygen atoms in total. The quantitative estimate of drug-likeness (QED) is 0.799. The summed E-state index contributed by atoms with van der Waals surface area (Å²) < 4.78 is 5.72. The highest BCUT2D eigenvalue weighted by Gasteiger charge is 2.36. The van der Waals surface area contributed by atoms with Crippen molar-refractivity contribution in [3.8, 4) is 0 Å². The Morgan fingerprint density at radius 3 is 2.86 bits per heavy atom. The predicted molar refractivity (Wildman–Crippen MR) is 55.2 cm³/mol. The molecule has 2 heteroatoms. The normalized spacial score (nSPS) is 27.6. The molecule has 1 fully saturated rings. The number of rotatable bonds is 4. The highest BCUT2D eigenvalue weighted by molar-refractivity contribution is 5.17. The molecule has 3 atom stereocenters. The van der Waals surface area contributed by atoms with Gasteiger partial charge in [-0.2, -0.15) is 0 Å². The lowest BCUT2D eigenvalue weighted by Crippen LogP contribution is -2.00. The Morgan fingerprint density at radius 1 is 1.57 bits per heavy atom. The van der Waals surface area contributed by atoms with E-state index in [4.69, 9.17) is 9.52 Å². The number of hydrogen-bond acceptors (Lipinski definition) is 2. The van der Waals surface area contributed by atoms with Crippen LogP contribution in [0, 0.1) is 5.92 Å². The molecule has 1 aromatic heterocycles. The second-order valence-corrected chi connectivity index (χ2v) is 4.51. The molecule has 0 aliphatic heterocycles. The topological polar surface area (TPSA) is 33.4 Å². The molecular weight excluding hydrogens is 176 g/mol. The van der Waals surface area contributed by atoms with Crippen LogP contribution in [0.5, 0.6) is 0 Å². The molecular formula is C12H18O2. The van der Waals surface area contributed by atoms with Crippen LogP contribution >= 0.6 is 0 Å². The second-order valence-electron chi connectivity index (χ2n) is 4.51. The molecule has 3 unspecified atom stereocenters. The molecule has 0 amide bonds. The first-order chi connectivity index (χ1) is 6.66. The summed E-state index contributed by atoms with van der Waals surface area (Å²) in [5, 5.41) is 9.14. The molecule has 2 rings (SSSR count). The van der Waals surface area contributed by atoms with E-state index in [-0.39, 0.29) is 6.10 Å². The Kier molecular flexibility index (Phi) is 2.64. The third-order valence-electron chi connectivity index (χ3n) is 2.97. The number of hydrogen-bond donors (Lipinski definition) is 1. The van der Waals surface area contributed by atoms with Gasteiger partial charge < -0.3 is 9.52 Å². The standard InChI is InChI=1S/C12H18O2/c1-8-7-11(8)12-6-5-10(14-12)4-3-9(2)13/h5-6,8-9,11,13H,3-4,7H2,1-2H3. The molecule has 78 valence electrons. The van der Waals surface area contributed by atoms with Crippen LogP contribution in [0.1, 0.15) is 44.1 Å². The highest BCUT2D eigenvalue weighted by Crippen LogP contribution is 2.47. The van der Waals surface area contributed by atoms with Gasteiger partial charge in [0.05, 0.1) is 6.10 Å². The monoisotopic (exact) mass is 194 g/mol. The number of furan rings is 1. The molecule has 1 saturated carbocycles. The van der Waals surface area contributed by atoms with Crippen molar-refractivity contribution in [1.82, 2.24) is 0 Å². The van der Waals surface area contributed by atoms with E-state index < -0.39 is 0 Å². The second kappa shape index (κ2) is 3.77. The average molecular weight is 194 g/mol. The lowest BCUT2D eigenvalue weighted by molar-refractivity contribution is 0.182. The van der Waals surface area contributed by atoms with Gasteiger partial charge in [-0.3, -0.25) is 0 Å². The average Bonchev–Trinajstić information content (AvgIpc) is 2.68. The van der Waals surface area contributed by atoms with Gasteiger partial charge in [-0.05, 0) is 37.8 Å². The molecule has 1 aliphatic carbocycles.